The first-order valence-electron chi connectivity index (χ1n) is 7.81. The molecule has 7 nitrogen and oxygen atoms in total. The predicted octanol–water partition coefficient (Wildman–Crippen LogP) is 2.96. The summed E-state index contributed by atoms with van der Waals surface area (Å²) in [7, 11) is -2.63. The number of hydrogen-bond acceptors (Lipinski definition) is 5. The monoisotopic (exact) mass is 362 g/mol. The lowest BCUT2D eigenvalue weighted by Crippen LogP contribution is -2.33. The van der Waals surface area contributed by atoms with Gasteiger partial charge in [-0.2, -0.15) is 4.31 Å². The fraction of sp³-hybridized carbons (Fsp3) is 0.294. The maximum absolute atomic E-state index is 13.1. The lowest BCUT2D eigenvalue weighted by molar-refractivity contribution is -0.387. The number of methoxy groups -OCH3 is 1. The molecular weight excluding hydrogens is 344 g/mol. The van der Waals surface area contributed by atoms with E-state index in [2.05, 4.69) is 0 Å². The van der Waals surface area contributed by atoms with Crippen LogP contribution in [0.5, 0.6) is 5.75 Å². The zero-order valence-electron chi connectivity index (χ0n) is 13.7. The summed E-state index contributed by atoms with van der Waals surface area (Å²) in [6.07, 6.45) is 1.52. The van der Waals surface area contributed by atoms with Crippen LogP contribution in [0.1, 0.15) is 18.4 Å². The van der Waals surface area contributed by atoms with Gasteiger partial charge in [-0.25, -0.2) is 8.42 Å². The molecule has 2 aromatic rings. The minimum absolute atomic E-state index is 0.119. The Bertz CT molecular complexity index is 879. The summed E-state index contributed by atoms with van der Waals surface area (Å²) in [5.74, 6) is 0.242. The summed E-state index contributed by atoms with van der Waals surface area (Å²) in [4.78, 5) is 10.4. The lowest BCUT2D eigenvalue weighted by Gasteiger charge is -2.22. The van der Waals surface area contributed by atoms with Crippen LogP contribution in [-0.4, -0.2) is 30.8 Å². The number of rotatable bonds is 7. The molecule has 0 saturated heterocycles. The highest BCUT2D eigenvalue weighted by atomic mass is 32.2. The summed E-state index contributed by atoms with van der Waals surface area (Å²) in [5.41, 5.74) is 0.368. The van der Waals surface area contributed by atoms with E-state index in [0.29, 0.717) is 0 Å². The fourth-order valence-corrected chi connectivity index (χ4v) is 4.46. The van der Waals surface area contributed by atoms with Crippen molar-refractivity contribution in [1.82, 2.24) is 4.31 Å². The van der Waals surface area contributed by atoms with Gasteiger partial charge in [0.25, 0.3) is 5.69 Å². The summed E-state index contributed by atoms with van der Waals surface area (Å²) in [6.45, 7) is 0.191. The quantitative estimate of drug-likeness (QED) is 0.558. The SMILES string of the molecule is COc1ccc(S(=O)(=O)N(Cc2ccccc2)C2CC2)c([N+](=O)[O-])c1. The van der Waals surface area contributed by atoms with E-state index < -0.39 is 20.6 Å². The Morgan fingerprint density at radius 1 is 1.20 bits per heavy atom. The smallest absolute Gasteiger partial charge is 0.293 e. The summed E-state index contributed by atoms with van der Waals surface area (Å²) in [5, 5.41) is 11.4. The van der Waals surface area contributed by atoms with E-state index in [1.807, 2.05) is 30.3 Å². The number of benzene rings is 2. The minimum Gasteiger partial charge on any atom is -0.497 e. The normalized spacial score (nSPS) is 14.5. The third-order valence-corrected chi connectivity index (χ3v) is 6.03. The second kappa shape index (κ2) is 6.81. The molecule has 0 aliphatic heterocycles. The van der Waals surface area contributed by atoms with Crippen molar-refractivity contribution in [3.05, 3.63) is 64.2 Å². The number of nitro groups is 1. The number of nitro benzene ring substituents is 1. The maximum atomic E-state index is 13.1. The standard InChI is InChI=1S/C17H18N2O5S/c1-24-15-9-10-17(16(11-15)19(20)21)25(22,23)18(14-7-8-14)12-13-5-3-2-4-6-13/h2-6,9-11,14H,7-8,12H2,1H3. The number of nitrogens with zero attached hydrogens (tertiary/aromatic N) is 2. The molecule has 0 aromatic heterocycles. The van der Waals surface area contributed by atoms with Crippen LogP contribution in [0, 0.1) is 10.1 Å². The predicted molar refractivity (Wildman–Crippen MR) is 91.8 cm³/mol. The second-order valence-corrected chi connectivity index (χ2v) is 7.72. The van der Waals surface area contributed by atoms with Crippen LogP contribution in [0.3, 0.4) is 0 Å². The van der Waals surface area contributed by atoms with Crippen molar-refractivity contribution in [2.75, 3.05) is 7.11 Å². The molecule has 2 aromatic carbocycles. The average molecular weight is 362 g/mol. The molecule has 25 heavy (non-hydrogen) atoms. The molecule has 8 heteroatoms. The third-order valence-electron chi connectivity index (χ3n) is 4.08. The Morgan fingerprint density at radius 3 is 2.44 bits per heavy atom. The largest absolute Gasteiger partial charge is 0.497 e. The van der Waals surface area contributed by atoms with Gasteiger partial charge in [-0.15, -0.1) is 0 Å². The molecule has 132 valence electrons. The van der Waals surface area contributed by atoms with Crippen LogP contribution in [0.2, 0.25) is 0 Å². The minimum atomic E-state index is -4.00. The van der Waals surface area contributed by atoms with Crippen molar-refractivity contribution < 1.29 is 18.1 Å². The Kier molecular flexibility index (Phi) is 4.73. The Balaban J connectivity index is 2.03. The van der Waals surface area contributed by atoms with Gasteiger partial charge in [0.1, 0.15) is 5.75 Å². The van der Waals surface area contributed by atoms with E-state index in [4.69, 9.17) is 4.74 Å². The second-order valence-electron chi connectivity index (χ2n) is 5.86. The Labute approximate surface area is 146 Å². The number of ether oxygens (including phenoxy) is 1. The zero-order valence-corrected chi connectivity index (χ0v) is 14.5. The van der Waals surface area contributed by atoms with Gasteiger partial charge in [-0.3, -0.25) is 10.1 Å². The van der Waals surface area contributed by atoms with Crippen LogP contribution >= 0.6 is 0 Å². The van der Waals surface area contributed by atoms with Gasteiger partial charge >= 0.3 is 0 Å². The molecule has 0 spiro atoms. The Morgan fingerprint density at radius 2 is 1.88 bits per heavy atom. The van der Waals surface area contributed by atoms with Gasteiger partial charge in [0, 0.05) is 12.6 Å². The highest BCUT2D eigenvalue weighted by Crippen LogP contribution is 2.37. The van der Waals surface area contributed by atoms with Crippen LogP contribution in [0.4, 0.5) is 5.69 Å². The van der Waals surface area contributed by atoms with Crippen LogP contribution in [-0.2, 0) is 16.6 Å². The molecule has 0 radical (unpaired) electrons. The first kappa shape index (κ1) is 17.4. The van der Waals surface area contributed by atoms with E-state index in [0.717, 1.165) is 24.5 Å². The lowest BCUT2D eigenvalue weighted by atomic mass is 10.2. The van der Waals surface area contributed by atoms with Gasteiger partial charge in [-0.05, 0) is 30.5 Å². The van der Waals surface area contributed by atoms with E-state index in [9.17, 15) is 18.5 Å². The van der Waals surface area contributed by atoms with Gasteiger partial charge in [-0.1, -0.05) is 30.3 Å². The van der Waals surface area contributed by atoms with Crippen molar-refractivity contribution in [3.8, 4) is 5.75 Å². The zero-order chi connectivity index (χ0) is 18.0. The number of sulfonamides is 1. The molecule has 0 heterocycles. The highest BCUT2D eigenvalue weighted by Gasteiger charge is 2.41. The molecule has 1 saturated carbocycles. The molecule has 0 atom stereocenters. The molecule has 1 fully saturated rings. The van der Waals surface area contributed by atoms with Crippen LogP contribution in [0.15, 0.2) is 53.4 Å². The summed E-state index contributed by atoms with van der Waals surface area (Å²) >= 11 is 0. The van der Waals surface area contributed by atoms with Gasteiger partial charge in [0.05, 0.1) is 18.1 Å². The molecule has 1 aliphatic carbocycles. The van der Waals surface area contributed by atoms with Gasteiger partial charge < -0.3 is 4.74 Å². The summed E-state index contributed by atoms with van der Waals surface area (Å²) < 4.78 is 32.6. The molecule has 0 amide bonds. The molecule has 0 N–H and O–H groups in total. The van der Waals surface area contributed by atoms with Crippen molar-refractivity contribution in [2.45, 2.75) is 30.3 Å². The molecule has 0 unspecified atom stereocenters. The van der Waals surface area contributed by atoms with Crippen LogP contribution in [0.25, 0.3) is 0 Å². The molecular formula is C17H18N2O5S. The van der Waals surface area contributed by atoms with Crippen molar-refractivity contribution in [3.63, 3.8) is 0 Å². The Hall–Kier alpha value is -2.45. The van der Waals surface area contributed by atoms with Gasteiger partial charge in [0.2, 0.25) is 10.0 Å². The first-order valence-corrected chi connectivity index (χ1v) is 9.25. The van der Waals surface area contributed by atoms with Crippen molar-refractivity contribution in [2.24, 2.45) is 0 Å². The van der Waals surface area contributed by atoms with Crippen LogP contribution < -0.4 is 4.74 Å². The molecule has 3 rings (SSSR count). The van der Waals surface area contributed by atoms with E-state index in [1.165, 1.54) is 23.5 Å². The summed E-state index contributed by atoms with van der Waals surface area (Å²) in [6, 6.07) is 12.9. The average Bonchev–Trinajstić information content (AvgIpc) is 3.44. The van der Waals surface area contributed by atoms with Gasteiger partial charge in [0.15, 0.2) is 4.90 Å². The highest BCUT2D eigenvalue weighted by molar-refractivity contribution is 7.89. The van der Waals surface area contributed by atoms with Crippen molar-refractivity contribution >= 4 is 15.7 Å². The van der Waals surface area contributed by atoms with E-state index >= 15 is 0 Å². The number of hydrogen-bond donors (Lipinski definition) is 0. The third kappa shape index (κ3) is 3.64. The fourth-order valence-electron chi connectivity index (χ4n) is 2.65. The van der Waals surface area contributed by atoms with Crippen molar-refractivity contribution in [1.29, 1.82) is 0 Å². The maximum Gasteiger partial charge on any atom is 0.293 e. The molecule has 0 bridgehead atoms. The molecule has 1 aliphatic rings. The van der Waals surface area contributed by atoms with E-state index in [1.54, 1.807) is 0 Å². The first-order chi connectivity index (χ1) is 11.9. The van der Waals surface area contributed by atoms with E-state index in [-0.39, 0.29) is 23.2 Å². The topological polar surface area (TPSA) is 89.8 Å².